The summed E-state index contributed by atoms with van der Waals surface area (Å²) in [6.45, 7) is 0.199. The molecular formula is C20H19FN2O4S2. The Morgan fingerprint density at radius 1 is 1.31 bits per heavy atom. The van der Waals surface area contributed by atoms with Gasteiger partial charge in [0.25, 0.3) is 0 Å². The number of sulfone groups is 1. The van der Waals surface area contributed by atoms with E-state index in [0.29, 0.717) is 16.6 Å². The topological polar surface area (TPSA) is 101 Å². The van der Waals surface area contributed by atoms with E-state index in [-0.39, 0.29) is 12.4 Å². The number of fused-ring (bicyclic) bond motifs is 2. The van der Waals surface area contributed by atoms with Gasteiger partial charge in [0, 0.05) is 34.5 Å². The standard InChI is InChI=1S/C20H19FN2O4S2/c1-29(26,27)19(22)17-13-4-2-3-5-15(13)23(18(17)20(24)25)9-11-10-28-16-7-6-12(21)8-14(11)16/h2-8,10,17-19H,9,22H2,1H3,(H,24,25). The Bertz CT molecular complexity index is 1210. The van der Waals surface area contributed by atoms with E-state index < -0.39 is 33.1 Å². The molecule has 1 aliphatic rings. The summed E-state index contributed by atoms with van der Waals surface area (Å²) in [6.07, 6.45) is 1.01. The van der Waals surface area contributed by atoms with Gasteiger partial charge < -0.3 is 15.7 Å². The second-order valence-electron chi connectivity index (χ2n) is 7.19. The Kier molecular flexibility index (Phi) is 4.84. The second kappa shape index (κ2) is 7.08. The summed E-state index contributed by atoms with van der Waals surface area (Å²) in [4.78, 5) is 13.9. The molecule has 29 heavy (non-hydrogen) atoms. The van der Waals surface area contributed by atoms with Crippen LogP contribution in [-0.2, 0) is 21.2 Å². The molecule has 0 amide bonds. The second-order valence-corrected chi connectivity index (χ2v) is 10.3. The van der Waals surface area contributed by atoms with Gasteiger partial charge >= 0.3 is 5.97 Å². The first kappa shape index (κ1) is 19.8. The van der Waals surface area contributed by atoms with Crippen LogP contribution in [0.15, 0.2) is 47.8 Å². The Morgan fingerprint density at radius 3 is 2.72 bits per heavy atom. The zero-order valence-corrected chi connectivity index (χ0v) is 17.1. The quantitative estimate of drug-likeness (QED) is 0.640. The van der Waals surface area contributed by atoms with Crippen LogP contribution in [0.4, 0.5) is 10.1 Å². The first-order chi connectivity index (χ1) is 13.7. The van der Waals surface area contributed by atoms with E-state index in [1.165, 1.54) is 23.5 Å². The van der Waals surface area contributed by atoms with Crippen molar-refractivity contribution < 1.29 is 22.7 Å². The molecule has 0 aliphatic carbocycles. The summed E-state index contributed by atoms with van der Waals surface area (Å²) in [5.41, 5.74) is 8.01. The van der Waals surface area contributed by atoms with E-state index in [9.17, 15) is 22.7 Å². The van der Waals surface area contributed by atoms with Gasteiger partial charge in [-0.05, 0) is 40.8 Å². The molecule has 0 saturated carbocycles. The van der Waals surface area contributed by atoms with Crippen LogP contribution < -0.4 is 10.6 Å². The van der Waals surface area contributed by atoms with Gasteiger partial charge in [0.1, 0.15) is 17.2 Å². The third-order valence-electron chi connectivity index (χ3n) is 5.34. The minimum atomic E-state index is -3.68. The first-order valence-electron chi connectivity index (χ1n) is 8.87. The molecule has 0 saturated heterocycles. The summed E-state index contributed by atoms with van der Waals surface area (Å²) in [7, 11) is -3.68. The molecule has 1 aromatic heterocycles. The Morgan fingerprint density at radius 2 is 2.03 bits per heavy atom. The van der Waals surface area contributed by atoms with Gasteiger partial charge in [-0.15, -0.1) is 11.3 Å². The highest BCUT2D eigenvalue weighted by Gasteiger charge is 2.48. The number of thiophene rings is 1. The lowest BCUT2D eigenvalue weighted by Crippen LogP contribution is -2.48. The number of carboxylic acids is 1. The summed E-state index contributed by atoms with van der Waals surface area (Å²) < 4.78 is 39.0. The van der Waals surface area contributed by atoms with Crippen molar-refractivity contribution in [3.63, 3.8) is 0 Å². The highest BCUT2D eigenvalue weighted by Crippen LogP contribution is 2.44. The first-order valence-corrected chi connectivity index (χ1v) is 11.7. The molecule has 4 rings (SSSR count). The molecule has 0 spiro atoms. The van der Waals surface area contributed by atoms with Crippen LogP contribution in [0.1, 0.15) is 17.0 Å². The van der Waals surface area contributed by atoms with Crippen LogP contribution in [0, 0.1) is 5.82 Å². The van der Waals surface area contributed by atoms with Crippen molar-refractivity contribution in [3.8, 4) is 0 Å². The number of para-hydroxylation sites is 1. The van der Waals surface area contributed by atoms with Crippen molar-refractivity contribution in [3.05, 3.63) is 64.8 Å². The van der Waals surface area contributed by atoms with Gasteiger partial charge in [-0.25, -0.2) is 17.6 Å². The van der Waals surface area contributed by atoms with Gasteiger partial charge in [0.05, 0.1) is 0 Å². The molecule has 2 heterocycles. The number of anilines is 1. The maximum absolute atomic E-state index is 13.8. The average molecular weight is 435 g/mol. The van der Waals surface area contributed by atoms with Crippen LogP contribution >= 0.6 is 11.3 Å². The summed E-state index contributed by atoms with van der Waals surface area (Å²) in [6, 6.07) is 10.3. The fourth-order valence-corrected chi connectivity index (χ4v) is 5.76. The Labute approximate surface area is 171 Å². The monoisotopic (exact) mass is 434 g/mol. The molecule has 3 N–H and O–H groups in total. The van der Waals surface area contributed by atoms with Crippen LogP contribution in [-0.4, -0.2) is 37.2 Å². The van der Waals surface area contributed by atoms with Gasteiger partial charge in [-0.2, -0.15) is 0 Å². The molecule has 3 aromatic rings. The number of benzene rings is 2. The van der Waals surface area contributed by atoms with Gasteiger partial charge in [-0.3, -0.25) is 0 Å². The van der Waals surface area contributed by atoms with Crippen LogP contribution in [0.25, 0.3) is 10.1 Å². The van der Waals surface area contributed by atoms with E-state index in [1.54, 1.807) is 35.2 Å². The number of aliphatic carboxylic acids is 1. The van der Waals surface area contributed by atoms with E-state index >= 15 is 0 Å². The van der Waals surface area contributed by atoms with E-state index in [4.69, 9.17) is 5.73 Å². The van der Waals surface area contributed by atoms with Crippen LogP contribution in [0.5, 0.6) is 0 Å². The largest absolute Gasteiger partial charge is 0.480 e. The zero-order chi connectivity index (χ0) is 20.9. The highest BCUT2D eigenvalue weighted by molar-refractivity contribution is 7.91. The number of rotatable bonds is 5. The Hall–Kier alpha value is -2.49. The summed E-state index contributed by atoms with van der Waals surface area (Å²) in [5, 5.41) is 11.2. The van der Waals surface area contributed by atoms with Crippen molar-refractivity contribution in [2.45, 2.75) is 23.9 Å². The van der Waals surface area contributed by atoms with Crippen molar-refractivity contribution in [1.82, 2.24) is 0 Å². The lowest BCUT2D eigenvalue weighted by Gasteiger charge is -2.29. The van der Waals surface area contributed by atoms with Crippen molar-refractivity contribution in [2.75, 3.05) is 11.2 Å². The lowest BCUT2D eigenvalue weighted by molar-refractivity contribution is -0.139. The smallest absolute Gasteiger partial charge is 0.327 e. The van der Waals surface area contributed by atoms with Crippen LogP contribution in [0.3, 0.4) is 0 Å². The van der Waals surface area contributed by atoms with Crippen molar-refractivity contribution >= 4 is 42.9 Å². The molecule has 1 aliphatic heterocycles. The number of carboxylic acid groups (broad SMARTS) is 1. The van der Waals surface area contributed by atoms with E-state index in [2.05, 4.69) is 0 Å². The minimum absolute atomic E-state index is 0.199. The molecular weight excluding hydrogens is 415 g/mol. The Balaban J connectivity index is 1.83. The van der Waals surface area contributed by atoms with E-state index in [0.717, 1.165) is 16.5 Å². The predicted octanol–water partition coefficient (Wildman–Crippen LogP) is 2.93. The number of hydrogen-bond acceptors (Lipinski definition) is 6. The molecule has 3 unspecified atom stereocenters. The average Bonchev–Trinajstić information content (AvgIpc) is 3.20. The van der Waals surface area contributed by atoms with Crippen LogP contribution in [0.2, 0.25) is 0 Å². The number of nitrogens with two attached hydrogens (primary N) is 1. The number of hydrogen-bond donors (Lipinski definition) is 2. The molecule has 0 radical (unpaired) electrons. The fourth-order valence-electron chi connectivity index (χ4n) is 4.00. The maximum atomic E-state index is 13.8. The summed E-state index contributed by atoms with van der Waals surface area (Å²) in [5.74, 6) is -2.44. The van der Waals surface area contributed by atoms with E-state index in [1.807, 2.05) is 5.38 Å². The lowest BCUT2D eigenvalue weighted by atomic mass is 9.95. The molecule has 3 atom stereocenters. The SMILES string of the molecule is CS(=O)(=O)C(N)C1c2ccccc2N(Cc2csc3ccc(F)cc23)C1C(=O)O. The van der Waals surface area contributed by atoms with Gasteiger partial charge in [-0.1, -0.05) is 18.2 Å². The minimum Gasteiger partial charge on any atom is -0.480 e. The van der Waals surface area contributed by atoms with Crippen molar-refractivity contribution in [2.24, 2.45) is 5.73 Å². The number of nitrogens with zero attached hydrogens (tertiary/aromatic N) is 1. The zero-order valence-electron chi connectivity index (χ0n) is 15.4. The van der Waals surface area contributed by atoms with Gasteiger partial charge in [0.15, 0.2) is 9.84 Å². The maximum Gasteiger partial charge on any atom is 0.327 e. The molecule has 152 valence electrons. The van der Waals surface area contributed by atoms with Crippen molar-refractivity contribution in [1.29, 1.82) is 0 Å². The third kappa shape index (κ3) is 3.39. The predicted molar refractivity (Wildman–Crippen MR) is 111 cm³/mol. The summed E-state index contributed by atoms with van der Waals surface area (Å²) >= 11 is 1.45. The number of carbonyl (C=O) groups is 1. The third-order valence-corrected chi connectivity index (χ3v) is 7.63. The molecule has 2 aromatic carbocycles. The fraction of sp³-hybridized carbons (Fsp3) is 0.250. The molecule has 9 heteroatoms. The van der Waals surface area contributed by atoms with Gasteiger partial charge in [0.2, 0.25) is 0 Å². The molecule has 0 bridgehead atoms. The normalized spacial score (nSPS) is 20.0. The molecule has 6 nitrogen and oxygen atoms in total. The highest BCUT2D eigenvalue weighted by atomic mass is 32.2. The molecule has 0 fully saturated rings. The number of halogens is 1.